The third-order valence-corrected chi connectivity index (χ3v) is 3.06. The van der Waals surface area contributed by atoms with Crippen molar-refractivity contribution < 1.29 is 9.90 Å². The van der Waals surface area contributed by atoms with Gasteiger partial charge in [0, 0.05) is 29.4 Å². The zero-order valence-electron chi connectivity index (χ0n) is 10.1. The first-order valence-electron chi connectivity index (χ1n) is 5.58. The molecule has 0 saturated heterocycles. The first-order valence-corrected chi connectivity index (χ1v) is 5.96. The molecule has 0 aliphatic rings. The molecule has 0 atom stereocenters. The Morgan fingerprint density at radius 2 is 2.17 bits per heavy atom. The van der Waals surface area contributed by atoms with Gasteiger partial charge in [-0.3, -0.25) is 4.68 Å². The largest absolute Gasteiger partial charge is 0.478 e. The van der Waals surface area contributed by atoms with Gasteiger partial charge >= 0.3 is 5.97 Å². The molecule has 1 aromatic heterocycles. The van der Waals surface area contributed by atoms with Crippen LogP contribution in [0.1, 0.15) is 23.0 Å². The van der Waals surface area contributed by atoms with Crippen LogP contribution in [-0.2, 0) is 13.5 Å². The standard InChI is InChI=1S/C13H13ClN2O2/c1-3-12-10(7-16(2)15-12)9-5-4-8(13(17)18)6-11(9)14/h4-7H,3H2,1-2H3,(H,17,18). The van der Waals surface area contributed by atoms with Crippen molar-refractivity contribution in [1.82, 2.24) is 9.78 Å². The van der Waals surface area contributed by atoms with Gasteiger partial charge in [-0.25, -0.2) is 4.79 Å². The number of halogens is 1. The lowest BCUT2D eigenvalue weighted by atomic mass is 10.0. The van der Waals surface area contributed by atoms with Crippen molar-refractivity contribution in [1.29, 1.82) is 0 Å². The molecule has 18 heavy (non-hydrogen) atoms. The second-order valence-corrected chi connectivity index (χ2v) is 4.42. The summed E-state index contributed by atoms with van der Waals surface area (Å²) in [5.41, 5.74) is 2.89. The van der Waals surface area contributed by atoms with Crippen LogP contribution in [0.2, 0.25) is 5.02 Å². The summed E-state index contributed by atoms with van der Waals surface area (Å²) in [5, 5.41) is 13.7. The number of carboxylic acids is 1. The van der Waals surface area contributed by atoms with Crippen molar-refractivity contribution in [3.63, 3.8) is 0 Å². The average Bonchev–Trinajstić information content (AvgIpc) is 2.70. The van der Waals surface area contributed by atoms with E-state index in [9.17, 15) is 4.79 Å². The number of carbonyl (C=O) groups is 1. The molecule has 0 amide bonds. The summed E-state index contributed by atoms with van der Waals surface area (Å²) in [6.07, 6.45) is 2.69. The summed E-state index contributed by atoms with van der Waals surface area (Å²) >= 11 is 6.15. The van der Waals surface area contributed by atoms with E-state index in [1.807, 2.05) is 20.2 Å². The van der Waals surface area contributed by atoms with E-state index < -0.39 is 5.97 Å². The van der Waals surface area contributed by atoms with Gasteiger partial charge in [0.2, 0.25) is 0 Å². The van der Waals surface area contributed by atoms with Gasteiger partial charge in [0.15, 0.2) is 0 Å². The lowest BCUT2D eigenvalue weighted by Crippen LogP contribution is -1.96. The fraction of sp³-hybridized carbons (Fsp3) is 0.231. The first-order chi connectivity index (χ1) is 8.52. The molecule has 1 heterocycles. The Bertz CT molecular complexity index is 605. The Balaban J connectivity index is 2.54. The molecule has 0 radical (unpaired) electrons. The number of carboxylic acid groups (broad SMARTS) is 1. The van der Waals surface area contributed by atoms with Gasteiger partial charge in [0.25, 0.3) is 0 Å². The van der Waals surface area contributed by atoms with Gasteiger partial charge in [-0.1, -0.05) is 24.6 Å². The fourth-order valence-corrected chi connectivity index (χ4v) is 2.17. The zero-order valence-corrected chi connectivity index (χ0v) is 10.9. The van der Waals surface area contributed by atoms with E-state index >= 15 is 0 Å². The number of hydrogen-bond donors (Lipinski definition) is 1. The summed E-state index contributed by atoms with van der Waals surface area (Å²) in [7, 11) is 1.85. The number of hydrogen-bond acceptors (Lipinski definition) is 2. The highest BCUT2D eigenvalue weighted by Gasteiger charge is 2.13. The van der Waals surface area contributed by atoms with Gasteiger partial charge in [-0.2, -0.15) is 5.10 Å². The second kappa shape index (κ2) is 4.82. The molecule has 0 saturated carbocycles. The Kier molecular flexibility index (Phi) is 3.39. The molecule has 0 spiro atoms. The van der Waals surface area contributed by atoms with Crippen LogP contribution in [0.3, 0.4) is 0 Å². The van der Waals surface area contributed by atoms with Crippen LogP contribution in [-0.4, -0.2) is 20.9 Å². The van der Waals surface area contributed by atoms with E-state index in [0.717, 1.165) is 23.2 Å². The van der Waals surface area contributed by atoms with Crippen LogP contribution in [0, 0.1) is 0 Å². The Morgan fingerprint density at radius 1 is 1.44 bits per heavy atom. The topological polar surface area (TPSA) is 55.1 Å². The van der Waals surface area contributed by atoms with Crippen LogP contribution in [0.5, 0.6) is 0 Å². The van der Waals surface area contributed by atoms with Gasteiger partial charge < -0.3 is 5.11 Å². The molecule has 2 rings (SSSR count). The Hall–Kier alpha value is -1.81. The SMILES string of the molecule is CCc1nn(C)cc1-c1ccc(C(=O)O)cc1Cl. The van der Waals surface area contributed by atoms with Crippen molar-refractivity contribution in [3.05, 3.63) is 40.7 Å². The molecule has 94 valence electrons. The van der Waals surface area contributed by atoms with E-state index in [4.69, 9.17) is 16.7 Å². The molecule has 5 heteroatoms. The number of aryl methyl sites for hydroxylation is 2. The Morgan fingerprint density at radius 3 is 2.72 bits per heavy atom. The highest BCUT2D eigenvalue weighted by atomic mass is 35.5. The normalized spacial score (nSPS) is 10.6. The minimum Gasteiger partial charge on any atom is -0.478 e. The second-order valence-electron chi connectivity index (χ2n) is 4.02. The van der Waals surface area contributed by atoms with Crippen molar-refractivity contribution >= 4 is 17.6 Å². The smallest absolute Gasteiger partial charge is 0.335 e. The lowest BCUT2D eigenvalue weighted by Gasteiger charge is -2.04. The van der Waals surface area contributed by atoms with Crippen LogP contribution in [0.4, 0.5) is 0 Å². The van der Waals surface area contributed by atoms with E-state index in [1.54, 1.807) is 16.8 Å². The summed E-state index contributed by atoms with van der Waals surface area (Å²) in [4.78, 5) is 10.9. The van der Waals surface area contributed by atoms with E-state index in [1.165, 1.54) is 6.07 Å². The van der Waals surface area contributed by atoms with Crippen LogP contribution in [0.15, 0.2) is 24.4 Å². The van der Waals surface area contributed by atoms with Crippen LogP contribution < -0.4 is 0 Å². The maximum atomic E-state index is 10.9. The Labute approximate surface area is 110 Å². The van der Waals surface area contributed by atoms with Gasteiger partial charge in [-0.05, 0) is 18.6 Å². The lowest BCUT2D eigenvalue weighted by molar-refractivity contribution is 0.0697. The molecule has 0 fully saturated rings. The monoisotopic (exact) mass is 264 g/mol. The summed E-state index contributed by atoms with van der Waals surface area (Å²) < 4.78 is 1.73. The molecular weight excluding hydrogens is 252 g/mol. The van der Waals surface area contributed by atoms with Crippen molar-refractivity contribution in [2.45, 2.75) is 13.3 Å². The van der Waals surface area contributed by atoms with Gasteiger partial charge in [0.1, 0.15) is 0 Å². The molecular formula is C13H13ClN2O2. The minimum absolute atomic E-state index is 0.186. The molecule has 0 unspecified atom stereocenters. The van der Waals surface area contributed by atoms with Crippen molar-refractivity contribution in [3.8, 4) is 11.1 Å². The zero-order chi connectivity index (χ0) is 13.3. The quantitative estimate of drug-likeness (QED) is 0.927. The first kappa shape index (κ1) is 12.6. The number of nitrogens with zero attached hydrogens (tertiary/aromatic N) is 2. The van der Waals surface area contributed by atoms with E-state index in [-0.39, 0.29) is 5.56 Å². The molecule has 1 aromatic carbocycles. The summed E-state index contributed by atoms with van der Waals surface area (Å²) in [6, 6.07) is 4.74. The molecule has 4 nitrogen and oxygen atoms in total. The number of benzene rings is 1. The average molecular weight is 265 g/mol. The van der Waals surface area contributed by atoms with Crippen LogP contribution >= 0.6 is 11.6 Å². The summed E-state index contributed by atoms with van der Waals surface area (Å²) in [6.45, 7) is 2.02. The van der Waals surface area contributed by atoms with Gasteiger partial charge in [0.05, 0.1) is 11.3 Å². The van der Waals surface area contributed by atoms with Crippen molar-refractivity contribution in [2.75, 3.05) is 0 Å². The molecule has 0 aliphatic carbocycles. The van der Waals surface area contributed by atoms with Crippen LogP contribution in [0.25, 0.3) is 11.1 Å². The predicted octanol–water partition coefficient (Wildman–Crippen LogP) is 3.00. The maximum absolute atomic E-state index is 10.9. The number of rotatable bonds is 3. The third-order valence-electron chi connectivity index (χ3n) is 2.75. The predicted molar refractivity (Wildman–Crippen MR) is 70.0 cm³/mol. The highest BCUT2D eigenvalue weighted by molar-refractivity contribution is 6.33. The number of aromatic nitrogens is 2. The van der Waals surface area contributed by atoms with E-state index in [2.05, 4.69) is 5.10 Å². The molecule has 2 aromatic rings. The summed E-state index contributed by atoms with van der Waals surface area (Å²) in [5.74, 6) is -0.981. The third kappa shape index (κ3) is 2.24. The molecule has 0 aliphatic heterocycles. The highest BCUT2D eigenvalue weighted by Crippen LogP contribution is 2.31. The minimum atomic E-state index is -0.981. The molecule has 0 bridgehead atoms. The van der Waals surface area contributed by atoms with Crippen molar-refractivity contribution in [2.24, 2.45) is 7.05 Å². The maximum Gasteiger partial charge on any atom is 0.335 e. The fourth-order valence-electron chi connectivity index (χ4n) is 1.89. The van der Waals surface area contributed by atoms with Gasteiger partial charge in [-0.15, -0.1) is 0 Å². The number of aromatic carboxylic acids is 1. The molecule has 1 N–H and O–H groups in total. The van der Waals surface area contributed by atoms with E-state index in [0.29, 0.717) is 5.02 Å².